The lowest BCUT2D eigenvalue weighted by molar-refractivity contribution is -0.143. The molecular formula is C24H32N2O3. The third-order valence-corrected chi connectivity index (χ3v) is 4.65. The van der Waals surface area contributed by atoms with Gasteiger partial charge in [0.1, 0.15) is 11.8 Å². The van der Waals surface area contributed by atoms with Crippen LogP contribution in [-0.2, 0) is 16.1 Å². The first-order valence-electron chi connectivity index (χ1n) is 10.2. The van der Waals surface area contributed by atoms with Crippen LogP contribution in [0.3, 0.4) is 0 Å². The summed E-state index contributed by atoms with van der Waals surface area (Å²) in [5, 5.41) is 2.96. The Morgan fingerprint density at radius 2 is 1.69 bits per heavy atom. The number of nitrogens with one attached hydrogen (secondary N) is 1. The van der Waals surface area contributed by atoms with Crippen molar-refractivity contribution in [3.8, 4) is 5.75 Å². The number of nitrogens with zero attached hydrogens (tertiary/aromatic N) is 1. The van der Waals surface area contributed by atoms with Crippen molar-refractivity contribution in [3.63, 3.8) is 0 Å². The maximum Gasteiger partial charge on any atom is 0.261 e. The van der Waals surface area contributed by atoms with Gasteiger partial charge in [0.05, 0.1) is 0 Å². The van der Waals surface area contributed by atoms with E-state index in [4.69, 9.17) is 4.74 Å². The predicted octanol–water partition coefficient (Wildman–Crippen LogP) is 3.95. The highest BCUT2D eigenvalue weighted by Crippen LogP contribution is 2.15. The number of aryl methyl sites for hydroxylation is 1. The van der Waals surface area contributed by atoms with Crippen molar-refractivity contribution in [2.45, 2.75) is 46.7 Å². The fraction of sp³-hybridized carbons (Fsp3) is 0.417. The van der Waals surface area contributed by atoms with Crippen LogP contribution in [0.15, 0.2) is 54.6 Å². The molecule has 5 nitrogen and oxygen atoms in total. The van der Waals surface area contributed by atoms with Gasteiger partial charge in [-0.1, -0.05) is 68.8 Å². The third-order valence-electron chi connectivity index (χ3n) is 4.65. The minimum atomic E-state index is -0.540. The summed E-state index contributed by atoms with van der Waals surface area (Å²) in [4.78, 5) is 27.5. The van der Waals surface area contributed by atoms with Crippen LogP contribution in [0.1, 0.15) is 38.3 Å². The summed E-state index contributed by atoms with van der Waals surface area (Å²) in [6, 6.07) is 16.7. The van der Waals surface area contributed by atoms with Gasteiger partial charge in [-0.25, -0.2) is 0 Å². The van der Waals surface area contributed by atoms with E-state index in [9.17, 15) is 9.59 Å². The fourth-order valence-electron chi connectivity index (χ4n) is 2.98. The molecule has 0 saturated carbocycles. The van der Waals surface area contributed by atoms with Gasteiger partial charge in [-0.3, -0.25) is 9.59 Å². The molecule has 5 heteroatoms. The average Bonchev–Trinajstić information content (AvgIpc) is 2.72. The summed E-state index contributed by atoms with van der Waals surface area (Å²) >= 11 is 0. The topological polar surface area (TPSA) is 58.6 Å². The Balaban J connectivity index is 2.16. The summed E-state index contributed by atoms with van der Waals surface area (Å²) in [6.45, 7) is 8.88. The molecule has 2 amide bonds. The second kappa shape index (κ2) is 11.2. The highest BCUT2D eigenvalue weighted by atomic mass is 16.5. The van der Waals surface area contributed by atoms with Crippen LogP contribution >= 0.6 is 0 Å². The van der Waals surface area contributed by atoms with E-state index in [2.05, 4.69) is 5.32 Å². The Bertz CT molecular complexity index is 772. The highest BCUT2D eigenvalue weighted by Gasteiger charge is 2.28. The van der Waals surface area contributed by atoms with Gasteiger partial charge in [-0.05, 0) is 37.0 Å². The number of amides is 2. The minimum absolute atomic E-state index is 0.107. The number of benzene rings is 2. The largest absolute Gasteiger partial charge is 0.484 e. The van der Waals surface area contributed by atoms with Crippen molar-refractivity contribution < 1.29 is 14.3 Å². The molecule has 0 fully saturated rings. The first-order chi connectivity index (χ1) is 13.9. The zero-order valence-electron chi connectivity index (χ0n) is 17.9. The molecule has 0 aliphatic carbocycles. The van der Waals surface area contributed by atoms with E-state index in [-0.39, 0.29) is 18.4 Å². The van der Waals surface area contributed by atoms with E-state index in [1.54, 1.807) is 4.90 Å². The normalized spacial score (nSPS) is 11.8. The molecule has 156 valence electrons. The molecule has 0 bridgehead atoms. The van der Waals surface area contributed by atoms with Gasteiger partial charge in [0.15, 0.2) is 6.61 Å². The van der Waals surface area contributed by atoms with E-state index in [1.807, 2.05) is 82.3 Å². The molecule has 0 saturated heterocycles. The molecule has 0 radical (unpaired) electrons. The van der Waals surface area contributed by atoms with Gasteiger partial charge in [0.2, 0.25) is 5.91 Å². The number of hydrogen-bond acceptors (Lipinski definition) is 3. The second-order valence-electron chi connectivity index (χ2n) is 7.67. The van der Waals surface area contributed by atoms with Gasteiger partial charge in [-0.2, -0.15) is 0 Å². The van der Waals surface area contributed by atoms with E-state index >= 15 is 0 Å². The monoisotopic (exact) mass is 396 g/mol. The van der Waals surface area contributed by atoms with Crippen molar-refractivity contribution in [3.05, 3.63) is 65.7 Å². The molecule has 29 heavy (non-hydrogen) atoms. The second-order valence-corrected chi connectivity index (χ2v) is 7.67. The molecule has 0 aromatic heterocycles. The first-order valence-corrected chi connectivity index (χ1v) is 10.2. The molecule has 0 aliphatic rings. The molecule has 2 aromatic rings. The minimum Gasteiger partial charge on any atom is -0.484 e. The standard InChI is InChI=1S/C24H32N2O3/c1-5-22(24(28)25-15-18(2)3)26(16-20-13-11-19(4)12-14-20)23(27)17-29-21-9-7-6-8-10-21/h6-14,18,22H,5,15-17H2,1-4H3,(H,25,28). The van der Waals surface area contributed by atoms with E-state index in [0.29, 0.717) is 31.2 Å². The summed E-state index contributed by atoms with van der Waals surface area (Å²) in [5.74, 6) is 0.648. The van der Waals surface area contributed by atoms with Crippen LogP contribution in [0, 0.1) is 12.8 Å². The van der Waals surface area contributed by atoms with Crippen molar-refractivity contribution in [1.29, 1.82) is 0 Å². The molecule has 2 rings (SSSR count). The zero-order valence-corrected chi connectivity index (χ0v) is 17.9. The van der Waals surface area contributed by atoms with Gasteiger partial charge in [-0.15, -0.1) is 0 Å². The van der Waals surface area contributed by atoms with Crippen molar-refractivity contribution in [2.75, 3.05) is 13.2 Å². The van der Waals surface area contributed by atoms with Gasteiger partial charge in [0, 0.05) is 13.1 Å². The van der Waals surface area contributed by atoms with Gasteiger partial charge in [0.25, 0.3) is 5.91 Å². The SMILES string of the molecule is CCC(C(=O)NCC(C)C)N(Cc1ccc(C)cc1)C(=O)COc1ccccc1. The molecular weight excluding hydrogens is 364 g/mol. The van der Waals surface area contributed by atoms with Gasteiger partial charge < -0.3 is 15.0 Å². The number of ether oxygens (including phenoxy) is 1. The lowest BCUT2D eigenvalue weighted by Crippen LogP contribution is -2.50. The third kappa shape index (κ3) is 7.26. The molecule has 0 aliphatic heterocycles. The molecule has 0 spiro atoms. The van der Waals surface area contributed by atoms with Crippen molar-refractivity contribution >= 4 is 11.8 Å². The maximum atomic E-state index is 13.1. The summed E-state index contributed by atoms with van der Waals surface area (Å²) in [5.41, 5.74) is 2.14. The lowest BCUT2D eigenvalue weighted by Gasteiger charge is -2.30. The fourth-order valence-corrected chi connectivity index (χ4v) is 2.98. The van der Waals surface area contributed by atoms with Gasteiger partial charge >= 0.3 is 0 Å². The Morgan fingerprint density at radius 3 is 2.28 bits per heavy atom. The smallest absolute Gasteiger partial charge is 0.261 e. The number of carbonyl (C=O) groups is 2. The number of hydrogen-bond donors (Lipinski definition) is 1. The van der Waals surface area contributed by atoms with Crippen LogP contribution in [0.2, 0.25) is 0 Å². The Hall–Kier alpha value is -2.82. The Kier molecular flexibility index (Phi) is 8.71. The number of para-hydroxylation sites is 1. The van der Waals surface area contributed by atoms with Crippen molar-refractivity contribution in [2.24, 2.45) is 5.92 Å². The quantitative estimate of drug-likeness (QED) is 0.661. The summed E-state index contributed by atoms with van der Waals surface area (Å²) in [6.07, 6.45) is 0.535. The predicted molar refractivity (Wildman–Crippen MR) is 116 cm³/mol. The molecule has 2 aromatic carbocycles. The average molecular weight is 397 g/mol. The zero-order chi connectivity index (χ0) is 21.2. The van der Waals surface area contributed by atoms with Crippen molar-refractivity contribution in [1.82, 2.24) is 10.2 Å². The maximum absolute atomic E-state index is 13.1. The number of carbonyl (C=O) groups excluding carboxylic acids is 2. The number of rotatable bonds is 10. The Morgan fingerprint density at radius 1 is 1.03 bits per heavy atom. The van der Waals surface area contributed by atoms with Crippen LogP contribution in [0.4, 0.5) is 0 Å². The Labute approximate surface area is 174 Å². The van der Waals surface area contributed by atoms with E-state index < -0.39 is 6.04 Å². The molecule has 0 heterocycles. The molecule has 1 unspecified atom stereocenters. The van der Waals surface area contributed by atoms with Crippen LogP contribution in [0.25, 0.3) is 0 Å². The first kappa shape index (κ1) is 22.5. The molecule has 1 N–H and O–H groups in total. The van der Waals surface area contributed by atoms with Crippen LogP contribution in [0.5, 0.6) is 5.75 Å². The van der Waals surface area contributed by atoms with Crippen LogP contribution in [-0.4, -0.2) is 35.9 Å². The summed E-state index contributed by atoms with van der Waals surface area (Å²) in [7, 11) is 0. The summed E-state index contributed by atoms with van der Waals surface area (Å²) < 4.78 is 5.66. The lowest BCUT2D eigenvalue weighted by atomic mass is 10.1. The van der Waals surface area contributed by atoms with E-state index in [1.165, 1.54) is 0 Å². The van der Waals surface area contributed by atoms with Crippen LogP contribution < -0.4 is 10.1 Å². The molecule has 1 atom stereocenters. The van der Waals surface area contributed by atoms with E-state index in [0.717, 1.165) is 11.1 Å². The highest BCUT2D eigenvalue weighted by molar-refractivity contribution is 5.88.